The molecule has 3 fully saturated rings. The first kappa shape index (κ1) is 11.0. The van der Waals surface area contributed by atoms with E-state index >= 15 is 0 Å². The minimum atomic E-state index is 0.203. The molecule has 0 bridgehead atoms. The Balaban J connectivity index is 1.58. The second-order valence-corrected chi connectivity index (χ2v) is 5.25. The lowest BCUT2D eigenvalue weighted by atomic mass is 9.88. The molecule has 3 aliphatic rings. The van der Waals surface area contributed by atoms with Crippen LogP contribution in [0.25, 0.3) is 0 Å². The summed E-state index contributed by atoms with van der Waals surface area (Å²) in [5, 5.41) is 3.42. The van der Waals surface area contributed by atoms with Gasteiger partial charge in [-0.05, 0) is 32.4 Å². The smallest absolute Gasteiger partial charge is 0.0723 e. The molecule has 0 aliphatic carbocycles. The van der Waals surface area contributed by atoms with Crippen LogP contribution in [0.4, 0.5) is 0 Å². The summed E-state index contributed by atoms with van der Waals surface area (Å²) in [7, 11) is 0. The summed E-state index contributed by atoms with van der Waals surface area (Å²) < 4.78 is 11.5. The molecule has 92 valence electrons. The van der Waals surface area contributed by atoms with E-state index in [0.717, 1.165) is 46.0 Å². The number of nitrogens with zero attached hydrogens (tertiary/aromatic N) is 1. The Morgan fingerprint density at radius 3 is 2.62 bits per heavy atom. The van der Waals surface area contributed by atoms with Crippen LogP contribution in [0.15, 0.2) is 0 Å². The summed E-state index contributed by atoms with van der Waals surface area (Å²) in [5.41, 5.74) is 0.203. The lowest BCUT2D eigenvalue weighted by Gasteiger charge is -2.35. The summed E-state index contributed by atoms with van der Waals surface area (Å²) in [6.07, 6.45) is 3.61. The molecular formula is C12H22N2O2. The zero-order valence-electron chi connectivity index (χ0n) is 9.91. The van der Waals surface area contributed by atoms with E-state index in [4.69, 9.17) is 9.47 Å². The Morgan fingerprint density at radius 2 is 1.88 bits per heavy atom. The molecule has 3 rings (SSSR count). The van der Waals surface area contributed by atoms with Gasteiger partial charge in [0.2, 0.25) is 0 Å². The number of piperidine rings is 1. The van der Waals surface area contributed by atoms with Crippen LogP contribution in [0.5, 0.6) is 0 Å². The minimum absolute atomic E-state index is 0.203. The van der Waals surface area contributed by atoms with E-state index < -0.39 is 0 Å². The minimum Gasteiger partial charge on any atom is -0.379 e. The van der Waals surface area contributed by atoms with Gasteiger partial charge in [-0.15, -0.1) is 0 Å². The van der Waals surface area contributed by atoms with E-state index in [1.807, 2.05) is 0 Å². The van der Waals surface area contributed by atoms with E-state index in [1.165, 1.54) is 19.3 Å². The quantitative estimate of drug-likeness (QED) is 0.694. The van der Waals surface area contributed by atoms with Crippen molar-refractivity contribution in [1.82, 2.24) is 10.2 Å². The first-order valence-corrected chi connectivity index (χ1v) is 6.55. The molecule has 3 heterocycles. The van der Waals surface area contributed by atoms with Crippen LogP contribution < -0.4 is 5.32 Å². The van der Waals surface area contributed by atoms with Crippen LogP contribution in [0, 0.1) is 0 Å². The molecule has 0 aromatic carbocycles. The zero-order valence-corrected chi connectivity index (χ0v) is 9.91. The fourth-order valence-electron chi connectivity index (χ4n) is 3.23. The lowest BCUT2D eigenvalue weighted by molar-refractivity contribution is -0.0221. The molecule has 1 atom stereocenters. The van der Waals surface area contributed by atoms with Crippen LogP contribution in [-0.2, 0) is 9.47 Å². The van der Waals surface area contributed by atoms with Gasteiger partial charge >= 0.3 is 0 Å². The monoisotopic (exact) mass is 226 g/mol. The number of rotatable bonds is 1. The molecule has 4 heteroatoms. The molecule has 0 unspecified atom stereocenters. The van der Waals surface area contributed by atoms with E-state index in [-0.39, 0.29) is 5.60 Å². The molecule has 3 aliphatic heterocycles. The van der Waals surface area contributed by atoms with Gasteiger partial charge in [-0.25, -0.2) is 0 Å². The summed E-state index contributed by atoms with van der Waals surface area (Å²) in [6, 6.07) is 0.641. The highest BCUT2D eigenvalue weighted by Gasteiger charge is 2.43. The average molecular weight is 226 g/mol. The second kappa shape index (κ2) is 4.61. The van der Waals surface area contributed by atoms with Gasteiger partial charge in [0.25, 0.3) is 0 Å². The standard InChI is InChI=1S/C12H22N2O2/c1-3-13-4-2-12(1)9-11(10-16-12)14-5-7-15-8-6-14/h11,13H,1-10H2/t11-/m0/s1. The summed E-state index contributed by atoms with van der Waals surface area (Å²) in [5.74, 6) is 0. The normalized spacial score (nSPS) is 35.6. The van der Waals surface area contributed by atoms with E-state index in [1.54, 1.807) is 0 Å². The molecule has 1 spiro atoms. The van der Waals surface area contributed by atoms with Crippen molar-refractivity contribution >= 4 is 0 Å². The highest BCUT2D eigenvalue weighted by Crippen LogP contribution is 2.36. The molecule has 1 N–H and O–H groups in total. The van der Waals surface area contributed by atoms with Crippen molar-refractivity contribution in [3.05, 3.63) is 0 Å². The number of nitrogens with one attached hydrogen (secondary N) is 1. The van der Waals surface area contributed by atoms with Crippen LogP contribution in [-0.4, -0.2) is 62.5 Å². The van der Waals surface area contributed by atoms with E-state index in [2.05, 4.69) is 10.2 Å². The van der Waals surface area contributed by atoms with Gasteiger partial charge in [0.05, 0.1) is 25.4 Å². The van der Waals surface area contributed by atoms with Crippen molar-refractivity contribution in [2.24, 2.45) is 0 Å². The predicted molar refractivity (Wildman–Crippen MR) is 61.6 cm³/mol. The van der Waals surface area contributed by atoms with Gasteiger partial charge in [0.15, 0.2) is 0 Å². The van der Waals surface area contributed by atoms with Gasteiger partial charge in [0, 0.05) is 19.1 Å². The summed E-state index contributed by atoms with van der Waals surface area (Å²) in [4.78, 5) is 2.56. The Kier molecular flexibility index (Phi) is 3.16. The van der Waals surface area contributed by atoms with Crippen LogP contribution in [0.1, 0.15) is 19.3 Å². The Labute approximate surface area is 97.3 Å². The Bertz CT molecular complexity index is 235. The van der Waals surface area contributed by atoms with Crippen molar-refractivity contribution in [2.75, 3.05) is 46.0 Å². The predicted octanol–water partition coefficient (Wildman–Crippen LogP) is 0.230. The van der Waals surface area contributed by atoms with Crippen LogP contribution in [0.2, 0.25) is 0 Å². The van der Waals surface area contributed by atoms with Crippen molar-refractivity contribution in [3.8, 4) is 0 Å². The summed E-state index contributed by atoms with van der Waals surface area (Å²) in [6.45, 7) is 7.13. The fourth-order valence-corrected chi connectivity index (χ4v) is 3.23. The van der Waals surface area contributed by atoms with E-state index in [9.17, 15) is 0 Å². The lowest BCUT2D eigenvalue weighted by Crippen LogP contribution is -2.46. The molecule has 0 amide bonds. The number of hydrogen-bond acceptors (Lipinski definition) is 4. The van der Waals surface area contributed by atoms with Gasteiger partial charge < -0.3 is 14.8 Å². The van der Waals surface area contributed by atoms with Crippen LogP contribution >= 0.6 is 0 Å². The topological polar surface area (TPSA) is 33.7 Å². The van der Waals surface area contributed by atoms with Crippen LogP contribution in [0.3, 0.4) is 0 Å². The van der Waals surface area contributed by atoms with Crippen molar-refractivity contribution < 1.29 is 9.47 Å². The molecule has 0 aromatic heterocycles. The van der Waals surface area contributed by atoms with Crippen molar-refractivity contribution in [2.45, 2.75) is 30.9 Å². The largest absolute Gasteiger partial charge is 0.379 e. The maximum Gasteiger partial charge on any atom is 0.0723 e. The number of hydrogen-bond donors (Lipinski definition) is 1. The maximum absolute atomic E-state index is 6.12. The Hall–Kier alpha value is -0.160. The first-order valence-electron chi connectivity index (χ1n) is 6.55. The molecule has 4 nitrogen and oxygen atoms in total. The number of ether oxygens (including phenoxy) is 2. The number of morpholine rings is 1. The zero-order chi connectivity index (χ0) is 10.8. The third kappa shape index (κ3) is 2.12. The molecule has 0 aromatic rings. The van der Waals surface area contributed by atoms with Gasteiger partial charge in [-0.2, -0.15) is 0 Å². The third-order valence-corrected chi connectivity index (χ3v) is 4.27. The molecular weight excluding hydrogens is 204 g/mol. The van der Waals surface area contributed by atoms with Gasteiger partial charge in [-0.3, -0.25) is 4.90 Å². The maximum atomic E-state index is 6.12. The molecule has 0 radical (unpaired) electrons. The van der Waals surface area contributed by atoms with Crippen molar-refractivity contribution in [1.29, 1.82) is 0 Å². The molecule has 0 saturated carbocycles. The second-order valence-electron chi connectivity index (χ2n) is 5.25. The summed E-state index contributed by atoms with van der Waals surface area (Å²) >= 11 is 0. The van der Waals surface area contributed by atoms with E-state index in [0.29, 0.717) is 6.04 Å². The van der Waals surface area contributed by atoms with Gasteiger partial charge in [0.1, 0.15) is 0 Å². The van der Waals surface area contributed by atoms with Crippen molar-refractivity contribution in [3.63, 3.8) is 0 Å². The highest BCUT2D eigenvalue weighted by atomic mass is 16.5. The molecule has 16 heavy (non-hydrogen) atoms. The van der Waals surface area contributed by atoms with Gasteiger partial charge in [-0.1, -0.05) is 0 Å². The SMILES string of the molecule is C1CC2(CCN1)C[C@H](N1CCOCC1)CO2. The first-order chi connectivity index (χ1) is 7.88. The Morgan fingerprint density at radius 1 is 1.12 bits per heavy atom. The highest BCUT2D eigenvalue weighted by molar-refractivity contribution is 4.96. The third-order valence-electron chi connectivity index (χ3n) is 4.27. The molecule has 3 saturated heterocycles. The average Bonchev–Trinajstić information content (AvgIpc) is 2.75. The fraction of sp³-hybridized carbons (Fsp3) is 1.00.